The van der Waals surface area contributed by atoms with Gasteiger partial charge >= 0.3 is 0 Å². The molecule has 0 bridgehead atoms. The SMILES string of the molecule is Cc1nnc(CN=C(NCc2cccs2)NC2CCC(C)(C)CC2)n1C.I. The Morgan fingerprint density at radius 1 is 1.33 bits per heavy atom. The maximum absolute atomic E-state index is 4.77. The van der Waals surface area contributed by atoms with Crippen LogP contribution in [0.3, 0.4) is 0 Å². The highest BCUT2D eigenvalue weighted by atomic mass is 127. The molecule has 0 atom stereocenters. The minimum Gasteiger partial charge on any atom is -0.354 e. The second kappa shape index (κ2) is 9.86. The van der Waals surface area contributed by atoms with E-state index < -0.39 is 0 Å². The van der Waals surface area contributed by atoms with E-state index in [4.69, 9.17) is 4.99 Å². The van der Waals surface area contributed by atoms with E-state index in [9.17, 15) is 0 Å². The van der Waals surface area contributed by atoms with Gasteiger partial charge in [-0.25, -0.2) is 4.99 Å². The van der Waals surface area contributed by atoms with Crippen molar-refractivity contribution in [3.63, 3.8) is 0 Å². The maximum Gasteiger partial charge on any atom is 0.192 e. The predicted octanol–water partition coefficient (Wildman–Crippen LogP) is 4.01. The summed E-state index contributed by atoms with van der Waals surface area (Å²) in [6, 6.07) is 4.71. The molecule has 1 fully saturated rings. The molecule has 0 unspecified atom stereocenters. The van der Waals surface area contributed by atoms with Crippen LogP contribution in [0, 0.1) is 12.3 Å². The monoisotopic (exact) mass is 502 g/mol. The van der Waals surface area contributed by atoms with Crippen LogP contribution in [0.5, 0.6) is 0 Å². The Morgan fingerprint density at radius 3 is 2.67 bits per heavy atom. The summed E-state index contributed by atoms with van der Waals surface area (Å²) >= 11 is 1.76. The lowest BCUT2D eigenvalue weighted by atomic mass is 9.75. The van der Waals surface area contributed by atoms with Crippen LogP contribution in [0.4, 0.5) is 0 Å². The van der Waals surface area contributed by atoms with Crippen molar-refractivity contribution in [2.24, 2.45) is 17.5 Å². The van der Waals surface area contributed by atoms with Crippen LogP contribution < -0.4 is 10.6 Å². The van der Waals surface area contributed by atoms with E-state index in [1.807, 2.05) is 18.5 Å². The number of nitrogens with one attached hydrogen (secondary N) is 2. The number of guanidine groups is 1. The molecule has 0 radical (unpaired) electrons. The molecule has 0 amide bonds. The quantitative estimate of drug-likeness (QED) is 0.369. The molecular formula is C19H31IN6S. The average Bonchev–Trinajstić information content (AvgIpc) is 3.23. The van der Waals surface area contributed by atoms with E-state index in [0.29, 0.717) is 18.0 Å². The summed E-state index contributed by atoms with van der Waals surface area (Å²) in [4.78, 5) is 6.08. The van der Waals surface area contributed by atoms with Gasteiger partial charge in [0.2, 0.25) is 0 Å². The Bertz CT molecular complexity index is 727. The predicted molar refractivity (Wildman–Crippen MR) is 123 cm³/mol. The Labute approximate surface area is 183 Å². The van der Waals surface area contributed by atoms with Crippen LogP contribution in [0.25, 0.3) is 0 Å². The second-order valence-corrected chi connectivity index (χ2v) is 8.94. The van der Waals surface area contributed by atoms with Gasteiger partial charge in [0.1, 0.15) is 12.4 Å². The first-order valence-corrected chi connectivity index (χ1v) is 10.2. The summed E-state index contributed by atoms with van der Waals surface area (Å²) in [6.07, 6.45) is 4.89. The number of halogens is 1. The van der Waals surface area contributed by atoms with Gasteiger partial charge in [-0.1, -0.05) is 19.9 Å². The zero-order valence-electron chi connectivity index (χ0n) is 16.7. The molecule has 1 saturated carbocycles. The summed E-state index contributed by atoms with van der Waals surface area (Å²) in [7, 11) is 1.98. The van der Waals surface area contributed by atoms with Crippen molar-refractivity contribution in [2.45, 2.75) is 65.6 Å². The van der Waals surface area contributed by atoms with Crippen LogP contribution in [-0.2, 0) is 20.1 Å². The van der Waals surface area contributed by atoms with Gasteiger partial charge in [-0.15, -0.1) is 45.5 Å². The van der Waals surface area contributed by atoms with Crippen molar-refractivity contribution in [1.82, 2.24) is 25.4 Å². The van der Waals surface area contributed by atoms with Crippen molar-refractivity contribution >= 4 is 41.3 Å². The van der Waals surface area contributed by atoms with E-state index in [1.54, 1.807) is 11.3 Å². The lowest BCUT2D eigenvalue weighted by Gasteiger charge is -2.35. The Kier molecular flexibility index (Phi) is 8.08. The number of rotatable bonds is 5. The molecule has 0 saturated heterocycles. The van der Waals surface area contributed by atoms with E-state index in [1.165, 1.54) is 30.6 Å². The van der Waals surface area contributed by atoms with E-state index in [-0.39, 0.29) is 24.0 Å². The molecule has 3 rings (SSSR count). The summed E-state index contributed by atoms with van der Waals surface area (Å²) in [5.41, 5.74) is 0.468. The number of hydrogen-bond acceptors (Lipinski definition) is 4. The van der Waals surface area contributed by atoms with Crippen LogP contribution in [0.2, 0.25) is 0 Å². The first kappa shape index (κ1) is 22.1. The molecule has 0 aromatic carbocycles. The van der Waals surface area contributed by atoms with Crippen molar-refractivity contribution < 1.29 is 0 Å². The number of thiophene rings is 1. The van der Waals surface area contributed by atoms with Gasteiger partial charge < -0.3 is 15.2 Å². The van der Waals surface area contributed by atoms with Crippen LogP contribution in [-0.4, -0.2) is 26.8 Å². The van der Waals surface area contributed by atoms with Gasteiger partial charge in [0.15, 0.2) is 11.8 Å². The highest BCUT2D eigenvalue weighted by Gasteiger charge is 2.27. The molecule has 150 valence electrons. The van der Waals surface area contributed by atoms with E-state index in [0.717, 1.165) is 24.2 Å². The third kappa shape index (κ3) is 6.44. The lowest BCUT2D eigenvalue weighted by molar-refractivity contribution is 0.216. The van der Waals surface area contributed by atoms with Gasteiger partial charge in [0.05, 0.1) is 6.54 Å². The number of hydrogen-bond donors (Lipinski definition) is 2. The Balaban J connectivity index is 0.00000261. The number of aromatic nitrogens is 3. The standard InChI is InChI=1S/C19H30N6S.HI/c1-14-23-24-17(25(14)4)13-21-18(20-12-16-6-5-11-26-16)22-15-7-9-19(2,3)10-8-15;/h5-6,11,15H,7-10,12-13H2,1-4H3,(H2,20,21,22);1H. The van der Waals surface area contributed by atoms with Gasteiger partial charge in [0, 0.05) is 18.0 Å². The van der Waals surface area contributed by atoms with E-state index in [2.05, 4.69) is 52.2 Å². The molecular weight excluding hydrogens is 471 g/mol. The number of nitrogens with zero attached hydrogens (tertiary/aromatic N) is 4. The summed E-state index contributed by atoms with van der Waals surface area (Å²) < 4.78 is 1.99. The first-order chi connectivity index (χ1) is 12.4. The summed E-state index contributed by atoms with van der Waals surface area (Å²) in [6.45, 7) is 8.00. The third-order valence-electron chi connectivity index (χ3n) is 5.25. The normalized spacial score (nSPS) is 17.4. The molecule has 2 aromatic rings. The minimum absolute atomic E-state index is 0. The van der Waals surface area contributed by atoms with Crippen LogP contribution in [0.1, 0.15) is 56.1 Å². The molecule has 1 aliphatic rings. The molecule has 2 N–H and O–H groups in total. The molecule has 0 spiro atoms. The van der Waals surface area contributed by atoms with Crippen molar-refractivity contribution in [2.75, 3.05) is 0 Å². The molecule has 27 heavy (non-hydrogen) atoms. The van der Waals surface area contributed by atoms with Gasteiger partial charge in [-0.3, -0.25) is 0 Å². The average molecular weight is 502 g/mol. The number of aryl methyl sites for hydroxylation is 1. The zero-order chi connectivity index (χ0) is 18.6. The molecule has 2 heterocycles. The van der Waals surface area contributed by atoms with E-state index >= 15 is 0 Å². The largest absolute Gasteiger partial charge is 0.354 e. The molecule has 0 aliphatic heterocycles. The molecule has 1 aliphatic carbocycles. The Morgan fingerprint density at radius 2 is 2.07 bits per heavy atom. The second-order valence-electron chi connectivity index (χ2n) is 7.90. The highest BCUT2D eigenvalue weighted by Crippen LogP contribution is 2.34. The summed E-state index contributed by atoms with van der Waals surface area (Å²) in [5, 5.41) is 17.6. The van der Waals surface area contributed by atoms with Crippen LogP contribution in [0.15, 0.2) is 22.5 Å². The smallest absolute Gasteiger partial charge is 0.192 e. The molecule has 8 heteroatoms. The lowest BCUT2D eigenvalue weighted by Crippen LogP contribution is -2.45. The van der Waals surface area contributed by atoms with Crippen molar-refractivity contribution in [1.29, 1.82) is 0 Å². The van der Waals surface area contributed by atoms with Gasteiger partial charge in [-0.2, -0.15) is 0 Å². The fraction of sp³-hybridized carbons (Fsp3) is 0.632. The molecule has 6 nitrogen and oxygen atoms in total. The first-order valence-electron chi connectivity index (χ1n) is 9.35. The topological polar surface area (TPSA) is 67.1 Å². The third-order valence-corrected chi connectivity index (χ3v) is 6.13. The van der Waals surface area contributed by atoms with Gasteiger partial charge in [-0.05, 0) is 49.5 Å². The van der Waals surface area contributed by atoms with Gasteiger partial charge in [0.25, 0.3) is 0 Å². The molecule has 2 aromatic heterocycles. The van der Waals surface area contributed by atoms with Crippen molar-refractivity contribution in [3.8, 4) is 0 Å². The van der Waals surface area contributed by atoms with Crippen molar-refractivity contribution in [3.05, 3.63) is 34.0 Å². The summed E-state index contributed by atoms with van der Waals surface area (Å²) in [5.74, 6) is 2.65. The maximum atomic E-state index is 4.77. The highest BCUT2D eigenvalue weighted by molar-refractivity contribution is 14.0. The fourth-order valence-electron chi connectivity index (χ4n) is 3.21. The number of aliphatic imine (C=N–C) groups is 1. The zero-order valence-corrected chi connectivity index (χ0v) is 19.8. The Hall–Kier alpha value is -1.16. The van der Waals surface area contributed by atoms with Crippen LogP contribution >= 0.6 is 35.3 Å². The fourth-order valence-corrected chi connectivity index (χ4v) is 3.86. The minimum atomic E-state index is 0.